The molecule has 3 aromatic carbocycles. The summed E-state index contributed by atoms with van der Waals surface area (Å²) < 4.78 is 16.6. The molecule has 1 aliphatic heterocycles. The lowest BCUT2D eigenvalue weighted by atomic mass is 10.1. The summed E-state index contributed by atoms with van der Waals surface area (Å²) in [5.74, 6) is 1.23. The molecule has 0 aromatic heterocycles. The van der Waals surface area contributed by atoms with Gasteiger partial charge in [0.1, 0.15) is 18.1 Å². The quantitative estimate of drug-likeness (QED) is 0.618. The third kappa shape index (κ3) is 5.35. The van der Waals surface area contributed by atoms with E-state index in [1.807, 2.05) is 60.7 Å². The SMILES string of the molecule is COc1ccc(N2CCOCC2)c(NC(=O)c2ccc(OCc3ccccc3)cc2)c1. The number of benzene rings is 3. The molecule has 1 fully saturated rings. The minimum atomic E-state index is -0.183. The van der Waals surface area contributed by atoms with Crippen molar-refractivity contribution in [2.24, 2.45) is 0 Å². The Bertz CT molecular complexity index is 1000. The van der Waals surface area contributed by atoms with E-state index in [9.17, 15) is 4.79 Å². The van der Waals surface area contributed by atoms with Crippen LogP contribution in [0.15, 0.2) is 72.8 Å². The average Bonchev–Trinajstić information content (AvgIpc) is 2.84. The van der Waals surface area contributed by atoms with Crippen molar-refractivity contribution in [2.75, 3.05) is 43.6 Å². The molecule has 0 spiro atoms. The predicted octanol–water partition coefficient (Wildman–Crippen LogP) is 4.36. The van der Waals surface area contributed by atoms with Crippen LogP contribution in [0.2, 0.25) is 0 Å². The van der Waals surface area contributed by atoms with Gasteiger partial charge in [0.25, 0.3) is 5.91 Å². The van der Waals surface area contributed by atoms with Gasteiger partial charge in [0.05, 0.1) is 31.7 Å². The van der Waals surface area contributed by atoms with Gasteiger partial charge in [-0.25, -0.2) is 0 Å². The number of nitrogens with one attached hydrogen (secondary N) is 1. The minimum absolute atomic E-state index is 0.183. The zero-order chi connectivity index (χ0) is 21.5. The van der Waals surface area contributed by atoms with E-state index < -0.39 is 0 Å². The maximum atomic E-state index is 12.9. The van der Waals surface area contributed by atoms with Gasteiger partial charge < -0.3 is 24.4 Å². The van der Waals surface area contributed by atoms with Crippen LogP contribution in [0.3, 0.4) is 0 Å². The first-order valence-corrected chi connectivity index (χ1v) is 10.3. The molecule has 3 aromatic rings. The van der Waals surface area contributed by atoms with Gasteiger partial charge in [0.15, 0.2) is 0 Å². The summed E-state index contributed by atoms with van der Waals surface area (Å²) in [7, 11) is 1.61. The zero-order valence-electron chi connectivity index (χ0n) is 17.5. The maximum Gasteiger partial charge on any atom is 0.255 e. The third-order valence-electron chi connectivity index (χ3n) is 5.17. The highest BCUT2D eigenvalue weighted by Crippen LogP contribution is 2.31. The lowest BCUT2D eigenvalue weighted by molar-refractivity contribution is 0.102. The number of amides is 1. The van der Waals surface area contributed by atoms with Crippen molar-refractivity contribution in [3.63, 3.8) is 0 Å². The van der Waals surface area contributed by atoms with Crippen LogP contribution in [0.1, 0.15) is 15.9 Å². The molecule has 0 atom stereocenters. The van der Waals surface area contributed by atoms with Crippen LogP contribution < -0.4 is 19.7 Å². The van der Waals surface area contributed by atoms with E-state index in [0.717, 1.165) is 35.8 Å². The molecule has 31 heavy (non-hydrogen) atoms. The fourth-order valence-electron chi connectivity index (χ4n) is 3.46. The zero-order valence-corrected chi connectivity index (χ0v) is 17.5. The number of ether oxygens (including phenoxy) is 3. The molecular formula is C25H26N2O4. The molecule has 160 valence electrons. The number of nitrogens with zero attached hydrogens (tertiary/aromatic N) is 1. The Morgan fingerprint density at radius 2 is 1.68 bits per heavy atom. The van der Waals surface area contributed by atoms with Crippen LogP contribution in [-0.4, -0.2) is 39.3 Å². The van der Waals surface area contributed by atoms with Gasteiger partial charge in [-0.15, -0.1) is 0 Å². The van der Waals surface area contributed by atoms with Gasteiger partial charge in [-0.2, -0.15) is 0 Å². The Hall–Kier alpha value is -3.51. The van der Waals surface area contributed by atoms with E-state index in [4.69, 9.17) is 14.2 Å². The van der Waals surface area contributed by atoms with Crippen molar-refractivity contribution in [2.45, 2.75) is 6.61 Å². The van der Waals surface area contributed by atoms with Crippen LogP contribution in [0.4, 0.5) is 11.4 Å². The lowest BCUT2D eigenvalue weighted by Crippen LogP contribution is -2.36. The molecule has 1 amide bonds. The normalized spacial score (nSPS) is 13.5. The number of hydrogen-bond acceptors (Lipinski definition) is 5. The van der Waals surface area contributed by atoms with Crippen molar-refractivity contribution in [3.05, 3.63) is 83.9 Å². The number of carbonyl (C=O) groups is 1. The molecule has 6 nitrogen and oxygen atoms in total. The fraction of sp³-hybridized carbons (Fsp3) is 0.240. The second kappa shape index (κ2) is 10.00. The Morgan fingerprint density at radius 3 is 2.39 bits per heavy atom. The van der Waals surface area contributed by atoms with E-state index in [0.29, 0.717) is 31.1 Å². The molecule has 1 saturated heterocycles. The van der Waals surface area contributed by atoms with Crippen molar-refractivity contribution >= 4 is 17.3 Å². The number of morpholine rings is 1. The highest BCUT2D eigenvalue weighted by Gasteiger charge is 2.17. The molecule has 0 saturated carbocycles. The van der Waals surface area contributed by atoms with Crippen molar-refractivity contribution in [1.82, 2.24) is 0 Å². The molecule has 1 N–H and O–H groups in total. The first-order chi connectivity index (χ1) is 15.2. The lowest BCUT2D eigenvalue weighted by Gasteiger charge is -2.30. The fourth-order valence-corrected chi connectivity index (χ4v) is 3.46. The van der Waals surface area contributed by atoms with Crippen LogP contribution in [0, 0.1) is 0 Å². The summed E-state index contributed by atoms with van der Waals surface area (Å²) in [5, 5.41) is 3.03. The van der Waals surface area contributed by atoms with E-state index in [2.05, 4.69) is 10.2 Å². The Balaban J connectivity index is 1.45. The van der Waals surface area contributed by atoms with Gasteiger partial charge in [-0.1, -0.05) is 30.3 Å². The summed E-state index contributed by atoms with van der Waals surface area (Å²) in [4.78, 5) is 15.1. The number of hydrogen-bond donors (Lipinski definition) is 1. The average molecular weight is 418 g/mol. The van der Waals surface area contributed by atoms with Crippen LogP contribution in [-0.2, 0) is 11.3 Å². The topological polar surface area (TPSA) is 60.0 Å². The second-order valence-corrected chi connectivity index (χ2v) is 7.24. The van der Waals surface area contributed by atoms with E-state index in [-0.39, 0.29) is 5.91 Å². The van der Waals surface area contributed by atoms with E-state index in [1.54, 1.807) is 19.2 Å². The molecule has 0 unspecified atom stereocenters. The van der Waals surface area contributed by atoms with E-state index in [1.165, 1.54) is 0 Å². The summed E-state index contributed by atoms with van der Waals surface area (Å²) >= 11 is 0. The molecular weight excluding hydrogens is 392 g/mol. The molecule has 1 aliphatic rings. The molecule has 4 rings (SSSR count). The number of carbonyl (C=O) groups excluding carboxylic acids is 1. The van der Waals surface area contributed by atoms with Crippen LogP contribution in [0.5, 0.6) is 11.5 Å². The van der Waals surface area contributed by atoms with Crippen molar-refractivity contribution < 1.29 is 19.0 Å². The van der Waals surface area contributed by atoms with Crippen LogP contribution >= 0.6 is 0 Å². The summed E-state index contributed by atoms with van der Waals surface area (Å²) in [6.07, 6.45) is 0. The Labute approximate surface area is 182 Å². The smallest absolute Gasteiger partial charge is 0.255 e. The number of anilines is 2. The van der Waals surface area contributed by atoms with E-state index >= 15 is 0 Å². The first kappa shape index (κ1) is 20.8. The molecule has 1 heterocycles. The van der Waals surface area contributed by atoms with Gasteiger partial charge >= 0.3 is 0 Å². The Kier molecular flexibility index (Phi) is 6.69. The van der Waals surface area contributed by atoms with Gasteiger partial charge in [-0.3, -0.25) is 4.79 Å². The van der Waals surface area contributed by atoms with Crippen molar-refractivity contribution in [1.29, 1.82) is 0 Å². The molecule has 0 bridgehead atoms. The van der Waals surface area contributed by atoms with Crippen LogP contribution in [0.25, 0.3) is 0 Å². The molecule has 0 radical (unpaired) electrons. The van der Waals surface area contributed by atoms with Gasteiger partial charge in [0, 0.05) is 24.7 Å². The maximum absolute atomic E-state index is 12.9. The molecule has 6 heteroatoms. The van der Waals surface area contributed by atoms with Gasteiger partial charge in [0.2, 0.25) is 0 Å². The van der Waals surface area contributed by atoms with Crippen molar-refractivity contribution in [3.8, 4) is 11.5 Å². The third-order valence-corrected chi connectivity index (χ3v) is 5.17. The predicted molar refractivity (Wildman–Crippen MR) is 121 cm³/mol. The minimum Gasteiger partial charge on any atom is -0.497 e. The number of rotatable bonds is 7. The Morgan fingerprint density at radius 1 is 0.968 bits per heavy atom. The summed E-state index contributed by atoms with van der Waals surface area (Å²) in [6, 6.07) is 22.9. The summed E-state index contributed by atoms with van der Waals surface area (Å²) in [6.45, 7) is 3.39. The highest BCUT2D eigenvalue weighted by molar-refractivity contribution is 6.06. The first-order valence-electron chi connectivity index (χ1n) is 10.3. The standard InChI is InChI=1S/C25H26N2O4/c1-29-22-11-12-24(27-13-15-30-16-14-27)23(17-22)26-25(28)20-7-9-21(10-8-20)31-18-19-5-3-2-4-6-19/h2-12,17H,13-16,18H2,1H3,(H,26,28). The second-order valence-electron chi connectivity index (χ2n) is 7.24. The number of methoxy groups -OCH3 is 1. The molecule has 0 aliphatic carbocycles. The highest BCUT2D eigenvalue weighted by atomic mass is 16.5. The van der Waals surface area contributed by atoms with Gasteiger partial charge in [-0.05, 0) is 42.0 Å². The monoisotopic (exact) mass is 418 g/mol. The largest absolute Gasteiger partial charge is 0.497 e. The summed E-state index contributed by atoms with van der Waals surface area (Å²) in [5.41, 5.74) is 3.33.